The van der Waals surface area contributed by atoms with Gasteiger partial charge in [0.25, 0.3) is 0 Å². The predicted molar refractivity (Wildman–Crippen MR) is 66.5 cm³/mol. The lowest BCUT2D eigenvalue weighted by molar-refractivity contribution is 0.0957. The quantitative estimate of drug-likeness (QED) is 0.761. The molecule has 0 radical (unpaired) electrons. The van der Waals surface area contributed by atoms with E-state index in [9.17, 15) is 9.59 Å². The Morgan fingerprint density at radius 1 is 1.29 bits per heavy atom. The number of ketones is 1. The summed E-state index contributed by atoms with van der Waals surface area (Å²) >= 11 is 0. The number of carbonyl (C=O) groups is 1. The number of Topliss-reactive ketones (excluding diaryl/α,β-unsaturated/α-hetero) is 1. The van der Waals surface area contributed by atoms with Crippen molar-refractivity contribution < 1.29 is 9.21 Å². The maximum Gasteiger partial charge on any atom is 0.344 e. The number of hydrogen-bond donors (Lipinski definition) is 0. The first-order valence-corrected chi connectivity index (χ1v) is 5.76. The lowest BCUT2D eigenvalue weighted by Crippen LogP contribution is -2.08. The molecule has 2 rings (SSSR count). The molecule has 1 aromatic carbocycles. The highest BCUT2D eigenvalue weighted by Crippen LogP contribution is 2.17. The van der Waals surface area contributed by atoms with Crippen LogP contribution in [0.3, 0.4) is 0 Å². The van der Waals surface area contributed by atoms with E-state index < -0.39 is 5.63 Å². The van der Waals surface area contributed by atoms with Gasteiger partial charge in [0.05, 0.1) is 5.39 Å². The number of rotatable bonds is 3. The molecule has 0 aliphatic carbocycles. The highest BCUT2D eigenvalue weighted by Gasteiger charge is 2.11. The number of benzene rings is 1. The average molecular weight is 230 g/mol. The third-order valence-corrected chi connectivity index (χ3v) is 2.85. The third-order valence-electron chi connectivity index (χ3n) is 2.85. The fourth-order valence-corrected chi connectivity index (χ4v) is 1.92. The van der Waals surface area contributed by atoms with Crippen molar-refractivity contribution in [1.29, 1.82) is 0 Å². The van der Waals surface area contributed by atoms with Crippen molar-refractivity contribution in [3.63, 3.8) is 0 Å². The van der Waals surface area contributed by atoms with E-state index in [2.05, 4.69) is 0 Å². The summed E-state index contributed by atoms with van der Waals surface area (Å²) in [5, 5.41) is 1.36. The van der Waals surface area contributed by atoms with E-state index >= 15 is 0 Å². The van der Waals surface area contributed by atoms with Crippen LogP contribution < -0.4 is 5.63 Å². The molecular weight excluding hydrogens is 216 g/mol. The van der Waals surface area contributed by atoms with Gasteiger partial charge in [-0.3, -0.25) is 4.79 Å². The molecule has 17 heavy (non-hydrogen) atoms. The molecule has 0 amide bonds. The fourth-order valence-electron chi connectivity index (χ4n) is 1.92. The first-order valence-electron chi connectivity index (χ1n) is 5.76. The van der Waals surface area contributed by atoms with Crippen LogP contribution >= 0.6 is 0 Å². The van der Waals surface area contributed by atoms with Gasteiger partial charge in [-0.05, 0) is 23.4 Å². The van der Waals surface area contributed by atoms with Gasteiger partial charge in [0.1, 0.15) is 0 Å². The van der Waals surface area contributed by atoms with Crippen molar-refractivity contribution >= 4 is 16.6 Å². The molecule has 0 N–H and O–H groups in total. The van der Waals surface area contributed by atoms with Crippen molar-refractivity contribution in [3.05, 3.63) is 46.0 Å². The van der Waals surface area contributed by atoms with Crippen LogP contribution in [0.1, 0.15) is 36.4 Å². The maximum absolute atomic E-state index is 11.9. The molecule has 3 heteroatoms. The smallest absolute Gasteiger partial charge is 0.344 e. The molecule has 2 aromatic rings. The molecule has 0 unspecified atom stereocenters. The van der Waals surface area contributed by atoms with Gasteiger partial charge < -0.3 is 4.42 Å². The summed E-state index contributed by atoms with van der Waals surface area (Å²) < 4.78 is 5.08. The standard InChI is InChI=1S/C14H14O3/c1-3-9-6-5-7-10-8-12(11(15)4-2)17-14(16)13(9)10/h5-8H,3-4H2,1-2H3. The Hall–Kier alpha value is -1.90. The molecule has 1 heterocycles. The van der Waals surface area contributed by atoms with Gasteiger partial charge in [-0.15, -0.1) is 0 Å². The average Bonchev–Trinajstić information content (AvgIpc) is 2.36. The van der Waals surface area contributed by atoms with Gasteiger partial charge in [-0.1, -0.05) is 32.0 Å². The minimum absolute atomic E-state index is 0.147. The topological polar surface area (TPSA) is 47.3 Å². The Bertz CT molecular complexity index is 623. The highest BCUT2D eigenvalue weighted by molar-refractivity contribution is 5.97. The summed E-state index contributed by atoms with van der Waals surface area (Å²) in [7, 11) is 0. The maximum atomic E-state index is 11.9. The zero-order valence-corrected chi connectivity index (χ0v) is 9.95. The summed E-state index contributed by atoms with van der Waals surface area (Å²) in [4.78, 5) is 23.4. The Kier molecular flexibility index (Phi) is 3.09. The van der Waals surface area contributed by atoms with Crippen molar-refractivity contribution in [2.24, 2.45) is 0 Å². The summed E-state index contributed by atoms with van der Waals surface area (Å²) in [6.45, 7) is 3.73. The SMILES string of the molecule is CCC(=O)c1cc2cccc(CC)c2c(=O)o1. The number of carbonyl (C=O) groups excluding carboxylic acids is 1. The lowest BCUT2D eigenvalue weighted by atomic mass is 10.0. The van der Waals surface area contributed by atoms with Crippen LogP contribution in [0.2, 0.25) is 0 Å². The second-order valence-electron chi connectivity index (χ2n) is 3.91. The van der Waals surface area contributed by atoms with Crippen molar-refractivity contribution in [2.75, 3.05) is 0 Å². The van der Waals surface area contributed by atoms with Crippen LogP contribution in [0.15, 0.2) is 33.5 Å². The van der Waals surface area contributed by atoms with Crippen LogP contribution in [0.25, 0.3) is 10.8 Å². The van der Waals surface area contributed by atoms with E-state index in [1.165, 1.54) is 0 Å². The molecule has 3 nitrogen and oxygen atoms in total. The molecular formula is C14H14O3. The molecule has 0 spiro atoms. The Labute approximate surface area is 99.1 Å². The molecule has 0 fully saturated rings. The van der Waals surface area contributed by atoms with Crippen LogP contribution in [0.5, 0.6) is 0 Å². The van der Waals surface area contributed by atoms with E-state index in [4.69, 9.17) is 4.42 Å². The molecule has 0 aliphatic heterocycles. The highest BCUT2D eigenvalue weighted by atomic mass is 16.4. The summed E-state index contributed by atoms with van der Waals surface area (Å²) in [5.41, 5.74) is 0.531. The minimum Gasteiger partial charge on any atom is -0.419 e. The molecule has 1 aromatic heterocycles. The predicted octanol–water partition coefficient (Wildman–Crippen LogP) is 2.95. The van der Waals surface area contributed by atoms with Gasteiger partial charge in [0, 0.05) is 6.42 Å². The molecule has 88 valence electrons. The summed E-state index contributed by atoms with van der Waals surface area (Å²) in [5.74, 6) is 0.00385. The van der Waals surface area contributed by atoms with E-state index in [1.54, 1.807) is 13.0 Å². The van der Waals surface area contributed by atoms with Crippen LogP contribution in [0.4, 0.5) is 0 Å². The number of aryl methyl sites for hydroxylation is 1. The largest absolute Gasteiger partial charge is 0.419 e. The molecule has 0 saturated carbocycles. The first-order chi connectivity index (χ1) is 8.17. The van der Waals surface area contributed by atoms with Crippen LogP contribution in [-0.2, 0) is 6.42 Å². The van der Waals surface area contributed by atoms with E-state index in [0.29, 0.717) is 11.8 Å². The Morgan fingerprint density at radius 2 is 2.06 bits per heavy atom. The number of fused-ring (bicyclic) bond motifs is 1. The zero-order valence-electron chi connectivity index (χ0n) is 9.95. The fraction of sp³-hybridized carbons (Fsp3) is 0.286. The van der Waals surface area contributed by atoms with E-state index in [0.717, 1.165) is 17.4 Å². The second-order valence-corrected chi connectivity index (χ2v) is 3.91. The summed E-state index contributed by atoms with van der Waals surface area (Å²) in [6.07, 6.45) is 1.10. The Balaban J connectivity index is 2.76. The molecule has 0 atom stereocenters. The summed E-state index contributed by atoms with van der Waals surface area (Å²) in [6, 6.07) is 7.28. The Morgan fingerprint density at radius 3 is 2.71 bits per heavy atom. The lowest BCUT2D eigenvalue weighted by Gasteiger charge is -2.04. The van der Waals surface area contributed by atoms with Gasteiger partial charge >= 0.3 is 5.63 Å². The molecule has 0 aliphatic rings. The molecule has 0 bridgehead atoms. The van der Waals surface area contributed by atoms with Crippen molar-refractivity contribution in [3.8, 4) is 0 Å². The van der Waals surface area contributed by atoms with Crippen LogP contribution in [0, 0.1) is 0 Å². The van der Waals surface area contributed by atoms with Crippen molar-refractivity contribution in [2.45, 2.75) is 26.7 Å². The molecule has 0 saturated heterocycles. The van der Waals surface area contributed by atoms with Gasteiger partial charge in [0.2, 0.25) is 0 Å². The number of hydrogen-bond acceptors (Lipinski definition) is 3. The van der Waals surface area contributed by atoms with E-state index in [-0.39, 0.29) is 11.5 Å². The van der Waals surface area contributed by atoms with Gasteiger partial charge in [0.15, 0.2) is 11.5 Å². The second kappa shape index (κ2) is 4.53. The van der Waals surface area contributed by atoms with Crippen LogP contribution in [-0.4, -0.2) is 5.78 Å². The zero-order chi connectivity index (χ0) is 12.4. The normalized spacial score (nSPS) is 10.7. The van der Waals surface area contributed by atoms with Crippen molar-refractivity contribution in [1.82, 2.24) is 0 Å². The minimum atomic E-state index is -0.420. The third kappa shape index (κ3) is 2.00. The van der Waals surface area contributed by atoms with Gasteiger partial charge in [-0.2, -0.15) is 0 Å². The van der Waals surface area contributed by atoms with E-state index in [1.807, 2.05) is 25.1 Å². The first kappa shape index (κ1) is 11.6. The monoisotopic (exact) mass is 230 g/mol. The van der Waals surface area contributed by atoms with Gasteiger partial charge in [-0.25, -0.2) is 4.79 Å².